The minimum absolute atomic E-state index is 0.117. The lowest BCUT2D eigenvalue weighted by Crippen LogP contribution is -2.40. The molecular weight excluding hydrogens is 276 g/mol. The van der Waals surface area contributed by atoms with Crippen molar-refractivity contribution in [2.75, 3.05) is 19.9 Å². The average Bonchev–Trinajstić information content (AvgIpc) is 2.95. The number of likely N-dealkylation sites (N-methyl/N-ethyl adjacent to an activating group) is 1. The Labute approximate surface area is 122 Å². The van der Waals surface area contributed by atoms with Crippen LogP contribution in [0.3, 0.4) is 0 Å². The van der Waals surface area contributed by atoms with E-state index >= 15 is 0 Å². The summed E-state index contributed by atoms with van der Waals surface area (Å²) in [5.74, 6) is 0.238. The van der Waals surface area contributed by atoms with Gasteiger partial charge in [-0.05, 0) is 32.2 Å². The van der Waals surface area contributed by atoms with E-state index < -0.39 is 0 Å². The van der Waals surface area contributed by atoms with Gasteiger partial charge in [0.1, 0.15) is 5.70 Å². The number of rotatable bonds is 3. The molecule has 1 aliphatic rings. The van der Waals surface area contributed by atoms with Gasteiger partial charge in [-0.25, -0.2) is 9.79 Å². The summed E-state index contributed by atoms with van der Waals surface area (Å²) < 4.78 is 10.6. The molecule has 1 aromatic rings. The molecule has 0 saturated heterocycles. The number of nitrogens with zero attached hydrogens (tertiary/aromatic N) is 2. The van der Waals surface area contributed by atoms with Crippen LogP contribution in [0.4, 0.5) is 0 Å². The Morgan fingerprint density at radius 3 is 2.90 bits per heavy atom. The van der Waals surface area contributed by atoms with Gasteiger partial charge >= 0.3 is 5.97 Å². The third kappa shape index (κ3) is 2.60. The van der Waals surface area contributed by atoms with E-state index in [1.54, 1.807) is 25.3 Å². The van der Waals surface area contributed by atoms with E-state index in [2.05, 4.69) is 4.99 Å². The van der Waals surface area contributed by atoms with Crippen molar-refractivity contribution >= 4 is 28.6 Å². The van der Waals surface area contributed by atoms with Gasteiger partial charge in [0, 0.05) is 7.05 Å². The summed E-state index contributed by atoms with van der Waals surface area (Å²) in [7, 11) is 1.91. The number of hydrogen-bond acceptors (Lipinski definition) is 6. The van der Waals surface area contributed by atoms with Crippen molar-refractivity contribution in [2.45, 2.75) is 19.9 Å². The van der Waals surface area contributed by atoms with Gasteiger partial charge in [-0.3, -0.25) is 0 Å². The molecule has 2 heterocycles. The van der Waals surface area contributed by atoms with Crippen molar-refractivity contribution in [3.63, 3.8) is 0 Å². The van der Waals surface area contributed by atoms with Crippen LogP contribution < -0.4 is 0 Å². The number of carbonyl (C=O) groups excluding carboxylic acids is 1. The van der Waals surface area contributed by atoms with Gasteiger partial charge < -0.3 is 14.1 Å². The Balaban J connectivity index is 2.56. The maximum atomic E-state index is 12.2. The first kappa shape index (κ1) is 14.7. The highest BCUT2D eigenvalue weighted by molar-refractivity contribution is 8.13. The van der Waals surface area contributed by atoms with Gasteiger partial charge in [0.15, 0.2) is 10.9 Å². The van der Waals surface area contributed by atoms with Crippen molar-refractivity contribution in [3.8, 4) is 0 Å². The highest BCUT2D eigenvalue weighted by Gasteiger charge is 2.33. The molecule has 0 unspecified atom stereocenters. The first-order valence-electron chi connectivity index (χ1n) is 6.40. The molecule has 1 aliphatic heterocycles. The molecule has 0 bridgehead atoms. The molecule has 0 saturated carbocycles. The van der Waals surface area contributed by atoms with Crippen LogP contribution in [0.5, 0.6) is 0 Å². The molecule has 2 rings (SSSR count). The summed E-state index contributed by atoms with van der Waals surface area (Å²) in [5.41, 5.74) is 1.09. The molecule has 0 aliphatic carbocycles. The molecule has 6 heteroatoms. The van der Waals surface area contributed by atoms with Crippen LogP contribution in [0.15, 0.2) is 33.4 Å². The lowest BCUT2D eigenvalue weighted by atomic mass is 10.0. The molecule has 0 spiro atoms. The van der Waals surface area contributed by atoms with Crippen LogP contribution in [0, 0.1) is 0 Å². The lowest BCUT2D eigenvalue weighted by Gasteiger charge is -2.32. The quantitative estimate of drug-likeness (QED) is 0.802. The summed E-state index contributed by atoms with van der Waals surface area (Å²) in [5, 5.41) is 0.844. The van der Waals surface area contributed by atoms with Gasteiger partial charge in [0.05, 0.1) is 24.5 Å². The Hall–Kier alpha value is -1.69. The summed E-state index contributed by atoms with van der Waals surface area (Å²) in [6.07, 6.45) is 3.53. The predicted octanol–water partition coefficient (Wildman–Crippen LogP) is 2.61. The number of aliphatic imine (C=N–C) groups is 1. The molecule has 0 amide bonds. The normalized spacial score (nSPS) is 19.1. The fourth-order valence-electron chi connectivity index (χ4n) is 2.06. The smallest absolute Gasteiger partial charge is 0.338 e. The van der Waals surface area contributed by atoms with E-state index in [1.807, 2.05) is 25.1 Å². The highest BCUT2D eigenvalue weighted by atomic mass is 32.2. The van der Waals surface area contributed by atoms with E-state index in [9.17, 15) is 4.79 Å². The van der Waals surface area contributed by atoms with Crippen LogP contribution >= 0.6 is 11.8 Å². The summed E-state index contributed by atoms with van der Waals surface area (Å²) in [6, 6.07) is 3.46. The number of amidine groups is 1. The lowest BCUT2D eigenvalue weighted by molar-refractivity contribution is -0.139. The maximum Gasteiger partial charge on any atom is 0.338 e. The van der Waals surface area contributed by atoms with E-state index in [4.69, 9.17) is 9.15 Å². The fourth-order valence-corrected chi connectivity index (χ4v) is 2.69. The predicted molar refractivity (Wildman–Crippen MR) is 80.4 cm³/mol. The molecular formula is C14H18N2O3S. The first-order valence-corrected chi connectivity index (χ1v) is 7.63. The monoisotopic (exact) mass is 294 g/mol. The van der Waals surface area contributed by atoms with Crippen LogP contribution in [0.1, 0.15) is 19.6 Å². The van der Waals surface area contributed by atoms with Gasteiger partial charge in [0.2, 0.25) is 0 Å². The Morgan fingerprint density at radius 1 is 1.60 bits per heavy atom. The van der Waals surface area contributed by atoms with E-state index in [-0.39, 0.29) is 12.0 Å². The van der Waals surface area contributed by atoms with Gasteiger partial charge in [-0.15, -0.1) is 0 Å². The van der Waals surface area contributed by atoms with Crippen molar-refractivity contribution in [2.24, 2.45) is 4.99 Å². The molecule has 0 N–H and O–H groups in total. The van der Waals surface area contributed by atoms with E-state index in [0.29, 0.717) is 23.6 Å². The van der Waals surface area contributed by atoms with Crippen LogP contribution in [-0.2, 0) is 9.53 Å². The second kappa shape index (κ2) is 6.17. The van der Waals surface area contributed by atoms with Crippen LogP contribution in [-0.4, -0.2) is 42.0 Å². The number of carbonyl (C=O) groups is 1. The molecule has 0 radical (unpaired) electrons. The van der Waals surface area contributed by atoms with Crippen molar-refractivity contribution in [1.82, 2.24) is 4.90 Å². The van der Waals surface area contributed by atoms with E-state index in [1.165, 1.54) is 11.8 Å². The zero-order valence-electron chi connectivity index (χ0n) is 12.0. The van der Waals surface area contributed by atoms with Crippen molar-refractivity contribution < 1.29 is 13.9 Å². The summed E-state index contributed by atoms with van der Waals surface area (Å²) in [4.78, 5) is 18.7. The third-order valence-corrected chi connectivity index (χ3v) is 3.94. The van der Waals surface area contributed by atoms with Crippen LogP contribution in [0.25, 0.3) is 5.70 Å². The Kier molecular flexibility index (Phi) is 4.54. The molecule has 1 aromatic heterocycles. The molecule has 108 valence electrons. The minimum Gasteiger partial charge on any atom is -0.463 e. The molecule has 5 nitrogen and oxygen atoms in total. The Morgan fingerprint density at radius 2 is 2.35 bits per heavy atom. The molecule has 0 fully saturated rings. The number of furan rings is 1. The van der Waals surface area contributed by atoms with Crippen molar-refractivity contribution in [1.29, 1.82) is 0 Å². The highest BCUT2D eigenvalue weighted by Crippen LogP contribution is 2.32. The maximum absolute atomic E-state index is 12.2. The van der Waals surface area contributed by atoms with E-state index in [0.717, 1.165) is 5.17 Å². The largest absolute Gasteiger partial charge is 0.463 e. The average molecular weight is 294 g/mol. The number of esters is 1. The molecule has 0 aromatic carbocycles. The zero-order valence-corrected chi connectivity index (χ0v) is 12.9. The molecule has 20 heavy (non-hydrogen) atoms. The SMILES string of the molecule is CCOC(=O)C1=C(c2ccco2)N=C(SC)N(C)[C@H]1C. The Bertz CT molecular complexity index is 549. The van der Waals surface area contributed by atoms with Gasteiger partial charge in [0.25, 0.3) is 0 Å². The molecule has 1 atom stereocenters. The first-order chi connectivity index (χ1) is 9.60. The standard InChI is InChI=1S/C14H18N2O3S/c1-5-18-13(17)11-9(2)16(3)14(20-4)15-12(11)10-7-6-8-19-10/h6-9H,5H2,1-4H3/t9-/m0/s1. The summed E-state index contributed by atoms with van der Waals surface area (Å²) in [6.45, 7) is 4.09. The second-order valence-corrected chi connectivity index (χ2v) is 5.12. The minimum atomic E-state index is -0.345. The van der Waals surface area contributed by atoms with Gasteiger partial charge in [-0.1, -0.05) is 11.8 Å². The topological polar surface area (TPSA) is 55.0 Å². The number of thioether (sulfide) groups is 1. The van der Waals surface area contributed by atoms with Crippen LogP contribution in [0.2, 0.25) is 0 Å². The van der Waals surface area contributed by atoms with Crippen molar-refractivity contribution in [3.05, 3.63) is 29.7 Å². The number of hydrogen-bond donors (Lipinski definition) is 0. The second-order valence-electron chi connectivity index (χ2n) is 4.35. The fraction of sp³-hybridized carbons (Fsp3) is 0.429. The van der Waals surface area contributed by atoms with Gasteiger partial charge in [-0.2, -0.15) is 0 Å². The zero-order chi connectivity index (χ0) is 14.7. The third-order valence-electron chi connectivity index (χ3n) is 3.20. The summed E-state index contributed by atoms with van der Waals surface area (Å²) >= 11 is 1.53. The number of ether oxygens (including phenoxy) is 1.